The maximum atomic E-state index is 12.3. The highest BCUT2D eigenvalue weighted by Gasteiger charge is 2.53. The molecule has 2 heterocycles. The minimum Gasteiger partial charge on any atom is -0.341 e. The van der Waals surface area contributed by atoms with Crippen LogP contribution in [0.3, 0.4) is 0 Å². The van der Waals surface area contributed by atoms with E-state index in [2.05, 4.69) is 16.8 Å². The first-order valence-corrected chi connectivity index (χ1v) is 6.81. The number of rotatable bonds is 1. The van der Waals surface area contributed by atoms with Gasteiger partial charge in [0.15, 0.2) is 0 Å². The van der Waals surface area contributed by atoms with Gasteiger partial charge in [0, 0.05) is 31.1 Å². The molecule has 2 saturated heterocycles. The van der Waals surface area contributed by atoms with Crippen LogP contribution in [0, 0.1) is 11.3 Å². The van der Waals surface area contributed by atoms with Crippen LogP contribution < -0.4 is 5.73 Å². The third kappa shape index (κ3) is 1.97. The third-order valence-corrected chi connectivity index (χ3v) is 4.73. The number of carbonyl (C=O) groups excluding carboxylic acids is 1. The van der Waals surface area contributed by atoms with E-state index in [0.717, 1.165) is 51.9 Å². The molecule has 2 aliphatic heterocycles. The van der Waals surface area contributed by atoms with Gasteiger partial charge < -0.3 is 15.5 Å². The number of nitrogens with two attached hydrogens (primary N) is 1. The first-order chi connectivity index (χ1) is 8.08. The number of carbonyl (C=O) groups is 1. The summed E-state index contributed by atoms with van der Waals surface area (Å²) in [4.78, 5) is 16.6. The summed E-state index contributed by atoms with van der Waals surface area (Å²) in [5.41, 5.74) is 6.26. The van der Waals surface area contributed by atoms with Crippen molar-refractivity contribution < 1.29 is 4.79 Å². The van der Waals surface area contributed by atoms with Gasteiger partial charge >= 0.3 is 0 Å². The van der Waals surface area contributed by atoms with E-state index in [-0.39, 0.29) is 5.92 Å². The molecule has 1 aliphatic carbocycles. The summed E-state index contributed by atoms with van der Waals surface area (Å²) in [5.74, 6) is 0.641. The van der Waals surface area contributed by atoms with Crippen LogP contribution in [0.5, 0.6) is 0 Å². The first kappa shape index (κ1) is 11.5. The van der Waals surface area contributed by atoms with Crippen molar-refractivity contribution in [3.05, 3.63) is 0 Å². The zero-order valence-corrected chi connectivity index (χ0v) is 10.7. The molecular weight excluding hydrogens is 214 g/mol. The van der Waals surface area contributed by atoms with Gasteiger partial charge in [-0.1, -0.05) is 0 Å². The number of amides is 1. The predicted octanol–water partition coefficient (Wildman–Crippen LogP) is 0.278. The minimum atomic E-state index is 0.250. The highest BCUT2D eigenvalue weighted by molar-refractivity contribution is 5.80. The third-order valence-electron chi connectivity index (χ3n) is 4.73. The fourth-order valence-corrected chi connectivity index (χ4v) is 3.86. The first-order valence-electron chi connectivity index (χ1n) is 6.81. The fourth-order valence-electron chi connectivity index (χ4n) is 3.86. The quantitative estimate of drug-likeness (QED) is 0.712. The minimum absolute atomic E-state index is 0.250. The average molecular weight is 237 g/mol. The predicted molar refractivity (Wildman–Crippen MR) is 66.4 cm³/mol. The van der Waals surface area contributed by atoms with E-state index in [1.165, 1.54) is 0 Å². The molecule has 4 heteroatoms. The lowest BCUT2D eigenvalue weighted by molar-refractivity contribution is -0.157. The highest BCUT2D eigenvalue weighted by Crippen LogP contribution is 2.47. The molecule has 3 fully saturated rings. The smallest absolute Gasteiger partial charge is 0.227 e. The molecule has 0 aromatic rings. The number of hydrogen-bond acceptors (Lipinski definition) is 3. The summed E-state index contributed by atoms with van der Waals surface area (Å²) in [6, 6.07) is 0.396. The summed E-state index contributed by atoms with van der Waals surface area (Å²) in [6.07, 6.45) is 4.49. The molecular formula is C13H23N3O. The molecule has 0 radical (unpaired) electrons. The van der Waals surface area contributed by atoms with E-state index >= 15 is 0 Å². The van der Waals surface area contributed by atoms with Crippen molar-refractivity contribution in [3.63, 3.8) is 0 Å². The fraction of sp³-hybridized carbons (Fsp3) is 0.923. The van der Waals surface area contributed by atoms with E-state index in [1.807, 2.05) is 0 Å². The second kappa shape index (κ2) is 3.95. The van der Waals surface area contributed by atoms with Gasteiger partial charge in [-0.2, -0.15) is 0 Å². The lowest BCUT2D eigenvalue weighted by atomic mass is 9.61. The van der Waals surface area contributed by atoms with Crippen molar-refractivity contribution in [2.24, 2.45) is 17.1 Å². The summed E-state index contributed by atoms with van der Waals surface area (Å²) in [5, 5.41) is 0. The zero-order chi connectivity index (χ0) is 12.0. The molecule has 0 unspecified atom stereocenters. The van der Waals surface area contributed by atoms with Gasteiger partial charge in [-0.15, -0.1) is 0 Å². The lowest BCUT2D eigenvalue weighted by Gasteiger charge is -2.59. The average Bonchev–Trinajstić information content (AvgIpc) is 2.20. The van der Waals surface area contributed by atoms with Gasteiger partial charge in [0.05, 0.1) is 5.92 Å². The molecule has 3 aliphatic rings. The number of piperidine rings is 1. The largest absolute Gasteiger partial charge is 0.341 e. The molecule has 17 heavy (non-hydrogen) atoms. The van der Waals surface area contributed by atoms with Crippen LogP contribution in [0.1, 0.15) is 25.7 Å². The second-order valence-electron chi connectivity index (χ2n) is 6.46. The molecule has 2 N–H and O–H groups in total. The van der Waals surface area contributed by atoms with Crippen LogP contribution in [0.4, 0.5) is 0 Å². The Balaban J connectivity index is 1.51. The molecule has 3 rings (SSSR count). The Labute approximate surface area is 103 Å². The van der Waals surface area contributed by atoms with Gasteiger partial charge in [0.1, 0.15) is 0 Å². The van der Waals surface area contributed by atoms with Crippen LogP contribution >= 0.6 is 0 Å². The van der Waals surface area contributed by atoms with Crippen LogP contribution in [0.25, 0.3) is 0 Å². The number of hydrogen-bond donors (Lipinski definition) is 1. The summed E-state index contributed by atoms with van der Waals surface area (Å²) in [7, 11) is 2.11. The second-order valence-corrected chi connectivity index (χ2v) is 6.46. The van der Waals surface area contributed by atoms with Gasteiger partial charge in [0.25, 0.3) is 0 Å². The summed E-state index contributed by atoms with van der Waals surface area (Å²) in [6.45, 7) is 4.03. The van der Waals surface area contributed by atoms with Crippen LogP contribution in [0.2, 0.25) is 0 Å². The molecule has 96 valence electrons. The van der Waals surface area contributed by atoms with E-state index in [4.69, 9.17) is 5.73 Å². The van der Waals surface area contributed by atoms with Crippen molar-refractivity contribution in [3.8, 4) is 0 Å². The van der Waals surface area contributed by atoms with E-state index < -0.39 is 0 Å². The molecule has 1 spiro atoms. The summed E-state index contributed by atoms with van der Waals surface area (Å²) >= 11 is 0. The Hall–Kier alpha value is -0.610. The van der Waals surface area contributed by atoms with Crippen molar-refractivity contribution in [1.82, 2.24) is 9.80 Å². The molecule has 0 aromatic heterocycles. The Bertz CT molecular complexity index is 317. The summed E-state index contributed by atoms with van der Waals surface area (Å²) < 4.78 is 0. The maximum absolute atomic E-state index is 12.3. The monoisotopic (exact) mass is 237 g/mol. The molecule has 1 amide bonds. The Kier molecular flexibility index (Phi) is 2.67. The molecule has 0 bridgehead atoms. The topological polar surface area (TPSA) is 49.6 Å². The standard InChI is InChI=1S/C13H23N3O/c1-15-4-2-3-10(7-15)12(17)16-8-13(9-16)5-11(14)6-13/h10-11H,2-9,14H2,1H3/t10-/m1/s1. The Morgan fingerprint density at radius 3 is 2.65 bits per heavy atom. The van der Waals surface area contributed by atoms with E-state index in [9.17, 15) is 4.79 Å². The van der Waals surface area contributed by atoms with E-state index in [1.54, 1.807) is 0 Å². The van der Waals surface area contributed by atoms with Crippen molar-refractivity contribution in [2.45, 2.75) is 31.7 Å². The Morgan fingerprint density at radius 1 is 1.35 bits per heavy atom. The van der Waals surface area contributed by atoms with Crippen LogP contribution in [-0.2, 0) is 4.79 Å². The van der Waals surface area contributed by atoms with Gasteiger partial charge in [-0.25, -0.2) is 0 Å². The Morgan fingerprint density at radius 2 is 2.06 bits per heavy atom. The van der Waals surface area contributed by atoms with Crippen LogP contribution in [-0.4, -0.2) is 55.0 Å². The lowest BCUT2D eigenvalue weighted by Crippen LogP contribution is -2.67. The number of likely N-dealkylation sites (tertiary alicyclic amines) is 2. The van der Waals surface area contributed by atoms with Gasteiger partial charge in [0.2, 0.25) is 5.91 Å². The maximum Gasteiger partial charge on any atom is 0.227 e. The van der Waals surface area contributed by atoms with Crippen molar-refractivity contribution in [1.29, 1.82) is 0 Å². The SMILES string of the molecule is CN1CCC[C@@H](C(=O)N2CC3(CC(N)C3)C2)C1. The van der Waals surface area contributed by atoms with Gasteiger partial charge in [-0.3, -0.25) is 4.79 Å². The highest BCUT2D eigenvalue weighted by atomic mass is 16.2. The number of nitrogens with zero attached hydrogens (tertiary/aromatic N) is 2. The van der Waals surface area contributed by atoms with Crippen molar-refractivity contribution >= 4 is 5.91 Å². The van der Waals surface area contributed by atoms with Crippen LogP contribution in [0.15, 0.2) is 0 Å². The molecule has 0 aromatic carbocycles. The van der Waals surface area contributed by atoms with E-state index in [0.29, 0.717) is 17.4 Å². The normalized spacial score (nSPS) is 33.3. The molecule has 1 atom stereocenters. The zero-order valence-electron chi connectivity index (χ0n) is 10.7. The van der Waals surface area contributed by atoms with Crippen molar-refractivity contribution in [2.75, 3.05) is 33.2 Å². The molecule has 4 nitrogen and oxygen atoms in total. The van der Waals surface area contributed by atoms with Gasteiger partial charge in [-0.05, 0) is 39.3 Å². The molecule has 1 saturated carbocycles.